The molecule has 2 aliphatic carbocycles. The van der Waals surface area contributed by atoms with Gasteiger partial charge in [0.1, 0.15) is 0 Å². The van der Waals surface area contributed by atoms with Gasteiger partial charge < -0.3 is 15.5 Å². The van der Waals surface area contributed by atoms with Crippen LogP contribution in [0.2, 0.25) is 0 Å². The van der Waals surface area contributed by atoms with Crippen molar-refractivity contribution in [1.29, 1.82) is 0 Å². The molecule has 14 heavy (non-hydrogen) atoms. The molecule has 0 spiro atoms. The minimum absolute atomic E-state index is 0.0836. The fraction of sp³-hybridized carbons (Fsp3) is 0.900. The van der Waals surface area contributed by atoms with Gasteiger partial charge in [-0.2, -0.15) is 0 Å². The van der Waals surface area contributed by atoms with E-state index in [1.807, 2.05) is 0 Å². The average Bonchev–Trinajstić information content (AvgIpc) is 2.72. The summed E-state index contributed by atoms with van der Waals surface area (Å²) in [6, 6.07) is 0.0957. The number of aliphatic hydroxyl groups excluding tert-OH is 1. The molecule has 0 aromatic rings. The predicted molar refractivity (Wildman–Crippen MR) is 50.8 cm³/mol. The van der Waals surface area contributed by atoms with Gasteiger partial charge in [-0.25, -0.2) is 0 Å². The van der Waals surface area contributed by atoms with Crippen molar-refractivity contribution in [3.05, 3.63) is 0 Å². The highest BCUT2D eigenvalue weighted by Crippen LogP contribution is 2.48. The van der Waals surface area contributed by atoms with Gasteiger partial charge in [0.2, 0.25) is 0 Å². The Hall–Kier alpha value is -0.610. The zero-order chi connectivity index (χ0) is 10.1. The van der Waals surface area contributed by atoms with Crippen LogP contribution in [0.4, 0.5) is 0 Å². The summed E-state index contributed by atoms with van der Waals surface area (Å²) in [4.78, 5) is 11.1. The highest BCUT2D eigenvalue weighted by molar-refractivity contribution is 5.72. The Balaban J connectivity index is 2.02. The molecule has 2 aliphatic rings. The van der Waals surface area contributed by atoms with E-state index in [9.17, 15) is 4.79 Å². The lowest BCUT2D eigenvalue weighted by molar-refractivity contribution is -0.144. The van der Waals surface area contributed by atoms with E-state index >= 15 is 0 Å². The molecule has 0 aromatic heterocycles. The first-order valence-corrected chi connectivity index (χ1v) is 5.31. The lowest BCUT2D eigenvalue weighted by atomic mass is 9.84. The van der Waals surface area contributed by atoms with Crippen molar-refractivity contribution < 1.29 is 15.0 Å². The maximum atomic E-state index is 11.1. The van der Waals surface area contributed by atoms with Gasteiger partial charge in [0.05, 0.1) is 12.5 Å². The van der Waals surface area contributed by atoms with E-state index < -0.39 is 5.97 Å². The Kier molecular flexibility index (Phi) is 2.74. The quantitative estimate of drug-likeness (QED) is 0.599. The number of rotatable bonds is 4. The third-order valence-corrected chi connectivity index (χ3v) is 3.69. The zero-order valence-electron chi connectivity index (χ0n) is 8.15. The molecular weight excluding hydrogens is 182 g/mol. The summed E-state index contributed by atoms with van der Waals surface area (Å²) in [5.74, 6) is -0.00529. The first-order chi connectivity index (χ1) is 6.74. The van der Waals surface area contributed by atoms with Crippen molar-refractivity contribution in [3.63, 3.8) is 0 Å². The zero-order valence-corrected chi connectivity index (χ0v) is 8.15. The monoisotopic (exact) mass is 199 g/mol. The van der Waals surface area contributed by atoms with Gasteiger partial charge in [-0.15, -0.1) is 0 Å². The smallest absolute Gasteiger partial charge is 0.308 e. The van der Waals surface area contributed by atoms with E-state index in [-0.39, 0.29) is 18.6 Å². The standard InChI is InChI=1S/C10H17NO3/c12-4-3-11-9-7-2-1-6(5-7)8(9)10(13)14/h6-9,11-12H,1-5H2,(H,13,14). The second-order valence-corrected chi connectivity index (χ2v) is 4.40. The summed E-state index contributed by atoms with van der Waals surface area (Å²) in [6.45, 7) is 0.595. The molecule has 2 saturated carbocycles. The van der Waals surface area contributed by atoms with Gasteiger partial charge in [-0.05, 0) is 31.1 Å². The maximum absolute atomic E-state index is 11.1. The molecule has 2 fully saturated rings. The van der Waals surface area contributed by atoms with Crippen LogP contribution in [-0.2, 0) is 4.79 Å². The summed E-state index contributed by atoms with van der Waals surface area (Å²) in [5.41, 5.74) is 0. The van der Waals surface area contributed by atoms with Crippen LogP contribution >= 0.6 is 0 Å². The van der Waals surface area contributed by atoms with E-state index in [1.54, 1.807) is 0 Å². The Morgan fingerprint density at radius 3 is 2.71 bits per heavy atom. The van der Waals surface area contributed by atoms with E-state index in [1.165, 1.54) is 0 Å². The fourth-order valence-corrected chi connectivity index (χ4v) is 3.17. The highest BCUT2D eigenvalue weighted by atomic mass is 16.4. The van der Waals surface area contributed by atoms with E-state index in [0.29, 0.717) is 18.4 Å². The highest BCUT2D eigenvalue weighted by Gasteiger charge is 2.50. The fourth-order valence-electron chi connectivity index (χ4n) is 3.17. The number of aliphatic carboxylic acids is 1. The molecule has 4 heteroatoms. The molecule has 2 rings (SSSR count). The second-order valence-electron chi connectivity index (χ2n) is 4.40. The minimum Gasteiger partial charge on any atom is -0.481 e. The molecular formula is C10H17NO3. The van der Waals surface area contributed by atoms with Crippen LogP contribution < -0.4 is 5.32 Å². The van der Waals surface area contributed by atoms with Gasteiger partial charge in [-0.3, -0.25) is 4.79 Å². The van der Waals surface area contributed by atoms with E-state index in [2.05, 4.69) is 5.32 Å². The molecule has 0 radical (unpaired) electrons. The Morgan fingerprint density at radius 2 is 2.07 bits per heavy atom. The molecule has 4 unspecified atom stereocenters. The van der Waals surface area contributed by atoms with Crippen LogP contribution in [0.25, 0.3) is 0 Å². The summed E-state index contributed by atoms with van der Waals surface area (Å²) >= 11 is 0. The van der Waals surface area contributed by atoms with Crippen molar-refractivity contribution in [3.8, 4) is 0 Å². The molecule has 0 saturated heterocycles. The Bertz CT molecular complexity index is 231. The van der Waals surface area contributed by atoms with Crippen molar-refractivity contribution in [2.45, 2.75) is 25.3 Å². The number of hydrogen-bond acceptors (Lipinski definition) is 3. The molecule has 0 amide bonds. The van der Waals surface area contributed by atoms with Crippen LogP contribution in [0.3, 0.4) is 0 Å². The number of aliphatic hydroxyl groups is 1. The first-order valence-electron chi connectivity index (χ1n) is 5.31. The van der Waals surface area contributed by atoms with Gasteiger partial charge in [-0.1, -0.05) is 0 Å². The number of carbonyl (C=O) groups is 1. The number of carboxylic acids is 1. The van der Waals surface area contributed by atoms with Crippen LogP contribution in [0, 0.1) is 17.8 Å². The van der Waals surface area contributed by atoms with Gasteiger partial charge in [0, 0.05) is 12.6 Å². The van der Waals surface area contributed by atoms with Crippen molar-refractivity contribution >= 4 is 5.97 Å². The Morgan fingerprint density at radius 1 is 1.36 bits per heavy atom. The van der Waals surface area contributed by atoms with E-state index in [0.717, 1.165) is 19.3 Å². The normalized spacial score (nSPS) is 40.4. The van der Waals surface area contributed by atoms with Crippen molar-refractivity contribution in [2.24, 2.45) is 17.8 Å². The number of carboxylic acid groups (broad SMARTS) is 1. The summed E-state index contributed by atoms with van der Waals surface area (Å²) in [7, 11) is 0. The molecule has 0 aromatic carbocycles. The minimum atomic E-state index is -0.673. The molecule has 4 atom stereocenters. The molecule has 80 valence electrons. The third-order valence-electron chi connectivity index (χ3n) is 3.69. The van der Waals surface area contributed by atoms with Gasteiger partial charge >= 0.3 is 5.97 Å². The van der Waals surface area contributed by atoms with E-state index in [4.69, 9.17) is 10.2 Å². The molecule has 2 bridgehead atoms. The third kappa shape index (κ3) is 1.53. The number of fused-ring (bicyclic) bond motifs is 2. The molecule has 3 N–H and O–H groups in total. The number of nitrogens with one attached hydrogen (secondary N) is 1. The predicted octanol–water partition coefficient (Wildman–Crippen LogP) is 0.0676. The summed E-state index contributed by atoms with van der Waals surface area (Å²) in [5, 5.41) is 21.0. The first kappa shape index (κ1) is 9.93. The topological polar surface area (TPSA) is 69.6 Å². The largest absolute Gasteiger partial charge is 0.481 e. The second kappa shape index (κ2) is 3.87. The summed E-state index contributed by atoms with van der Waals surface area (Å²) in [6.07, 6.45) is 3.27. The van der Waals surface area contributed by atoms with Crippen molar-refractivity contribution in [1.82, 2.24) is 5.32 Å². The Labute approximate surface area is 83.3 Å². The number of hydrogen-bond donors (Lipinski definition) is 3. The van der Waals surface area contributed by atoms with Crippen LogP contribution in [0.5, 0.6) is 0 Å². The maximum Gasteiger partial charge on any atom is 0.308 e. The van der Waals surface area contributed by atoms with Crippen LogP contribution in [-0.4, -0.2) is 35.4 Å². The SMILES string of the molecule is O=C(O)C1C2CCC(C2)C1NCCO. The van der Waals surface area contributed by atoms with Gasteiger partial charge in [0.15, 0.2) is 0 Å². The molecule has 4 nitrogen and oxygen atoms in total. The molecule has 0 heterocycles. The average molecular weight is 199 g/mol. The van der Waals surface area contributed by atoms with Crippen LogP contribution in [0.1, 0.15) is 19.3 Å². The lowest BCUT2D eigenvalue weighted by Crippen LogP contribution is -2.45. The van der Waals surface area contributed by atoms with Crippen LogP contribution in [0.15, 0.2) is 0 Å². The van der Waals surface area contributed by atoms with Gasteiger partial charge in [0.25, 0.3) is 0 Å². The molecule has 0 aliphatic heterocycles. The van der Waals surface area contributed by atoms with Crippen molar-refractivity contribution in [2.75, 3.05) is 13.2 Å². The lowest BCUT2D eigenvalue weighted by Gasteiger charge is -2.28. The summed E-state index contributed by atoms with van der Waals surface area (Å²) < 4.78 is 0.